The number of nitrogens with one attached hydrogen (secondary N) is 2. The smallest absolute Gasteiger partial charge is 0.314 e. The first kappa shape index (κ1) is 17.8. The van der Waals surface area contributed by atoms with Crippen molar-refractivity contribution in [2.24, 2.45) is 11.3 Å². The second-order valence-electron chi connectivity index (χ2n) is 6.19. The fraction of sp³-hybridized carbons (Fsp3) is 0.875. The lowest BCUT2D eigenvalue weighted by Crippen LogP contribution is -2.46. The molecule has 0 radical (unpaired) electrons. The van der Waals surface area contributed by atoms with Crippen molar-refractivity contribution < 1.29 is 14.7 Å². The lowest BCUT2D eigenvalue weighted by Gasteiger charge is -2.26. The molecule has 0 aromatic rings. The Balaban J connectivity index is 2.18. The molecule has 1 saturated carbocycles. The van der Waals surface area contributed by atoms with E-state index >= 15 is 0 Å². The van der Waals surface area contributed by atoms with Crippen molar-refractivity contribution in [3.05, 3.63) is 0 Å². The minimum Gasteiger partial charge on any atom is -0.481 e. The summed E-state index contributed by atoms with van der Waals surface area (Å²) in [4.78, 5) is 23.1. The summed E-state index contributed by atoms with van der Waals surface area (Å²) >= 11 is 0. The molecule has 0 aromatic carbocycles. The van der Waals surface area contributed by atoms with E-state index in [1.54, 1.807) is 0 Å². The van der Waals surface area contributed by atoms with E-state index in [9.17, 15) is 14.7 Å². The second-order valence-corrected chi connectivity index (χ2v) is 6.19. The van der Waals surface area contributed by atoms with Crippen LogP contribution in [0.25, 0.3) is 0 Å². The molecule has 1 fully saturated rings. The summed E-state index contributed by atoms with van der Waals surface area (Å²) in [6.45, 7) is 4.54. The highest BCUT2D eigenvalue weighted by Crippen LogP contribution is 2.28. The van der Waals surface area contributed by atoms with Crippen molar-refractivity contribution >= 4 is 12.0 Å². The maximum Gasteiger partial charge on any atom is 0.314 e. The Morgan fingerprint density at radius 3 is 2.29 bits per heavy atom. The highest BCUT2D eigenvalue weighted by Gasteiger charge is 2.35. The van der Waals surface area contributed by atoms with Gasteiger partial charge in [0.2, 0.25) is 0 Å². The number of hydrogen-bond donors (Lipinski definition) is 3. The third-order valence-corrected chi connectivity index (χ3v) is 4.94. The summed E-state index contributed by atoms with van der Waals surface area (Å²) in [6, 6.07) is -0.256. The third-order valence-electron chi connectivity index (χ3n) is 4.94. The van der Waals surface area contributed by atoms with Crippen LogP contribution in [0.5, 0.6) is 0 Å². The lowest BCUT2D eigenvalue weighted by atomic mass is 9.82. The molecule has 0 aliphatic heterocycles. The summed E-state index contributed by atoms with van der Waals surface area (Å²) in [7, 11) is 0. The van der Waals surface area contributed by atoms with Gasteiger partial charge >= 0.3 is 12.0 Å². The predicted octanol–water partition coefficient (Wildman–Crippen LogP) is 3.15. The molecule has 0 saturated heterocycles. The van der Waals surface area contributed by atoms with Crippen molar-refractivity contribution in [1.82, 2.24) is 10.6 Å². The Labute approximate surface area is 127 Å². The molecule has 2 amide bonds. The maximum absolute atomic E-state index is 11.7. The van der Waals surface area contributed by atoms with Gasteiger partial charge in [0.1, 0.15) is 0 Å². The molecule has 0 bridgehead atoms. The van der Waals surface area contributed by atoms with Crippen LogP contribution in [0, 0.1) is 11.3 Å². The van der Waals surface area contributed by atoms with Gasteiger partial charge in [-0.3, -0.25) is 4.79 Å². The molecule has 1 aliphatic carbocycles. The summed E-state index contributed by atoms with van der Waals surface area (Å²) in [5, 5.41) is 14.8. The van der Waals surface area contributed by atoms with Crippen molar-refractivity contribution in [2.45, 2.75) is 65.2 Å². The standard InChI is InChI=1S/C16H30N2O3/c1-3-16(4-2,14(19)20)12-18-15(21)17-11-7-10-13-8-5-6-9-13/h13H,3-12H2,1-2H3,(H,19,20)(H2,17,18,21). The van der Waals surface area contributed by atoms with Gasteiger partial charge in [-0.25, -0.2) is 4.79 Å². The van der Waals surface area contributed by atoms with Crippen LogP contribution in [0.4, 0.5) is 4.79 Å². The minimum absolute atomic E-state index is 0.184. The van der Waals surface area contributed by atoms with Crippen LogP contribution in [0.3, 0.4) is 0 Å². The Hall–Kier alpha value is -1.26. The monoisotopic (exact) mass is 298 g/mol. The fourth-order valence-electron chi connectivity index (χ4n) is 3.08. The van der Waals surface area contributed by atoms with Crippen LogP contribution in [0.1, 0.15) is 65.2 Å². The summed E-state index contributed by atoms with van der Waals surface area (Å²) in [6.07, 6.45) is 8.59. The van der Waals surface area contributed by atoms with Gasteiger partial charge in [-0.1, -0.05) is 39.5 Å². The first-order chi connectivity index (χ1) is 10.0. The van der Waals surface area contributed by atoms with Gasteiger partial charge < -0.3 is 15.7 Å². The van der Waals surface area contributed by atoms with E-state index in [2.05, 4.69) is 10.6 Å². The quantitative estimate of drug-likeness (QED) is 0.572. The number of urea groups is 1. The molecule has 5 heteroatoms. The zero-order chi connectivity index (χ0) is 15.7. The molecular weight excluding hydrogens is 268 g/mol. The lowest BCUT2D eigenvalue weighted by molar-refractivity contribution is -0.149. The van der Waals surface area contributed by atoms with Crippen LogP contribution < -0.4 is 10.6 Å². The van der Waals surface area contributed by atoms with E-state index in [1.165, 1.54) is 32.1 Å². The van der Waals surface area contributed by atoms with Crippen molar-refractivity contribution in [2.75, 3.05) is 13.1 Å². The van der Waals surface area contributed by atoms with Crippen LogP contribution in [0.2, 0.25) is 0 Å². The number of carbonyl (C=O) groups excluding carboxylic acids is 1. The second kappa shape index (κ2) is 8.90. The van der Waals surface area contributed by atoms with Gasteiger partial charge in [-0.15, -0.1) is 0 Å². The Morgan fingerprint density at radius 2 is 1.76 bits per heavy atom. The van der Waals surface area contributed by atoms with E-state index < -0.39 is 11.4 Å². The van der Waals surface area contributed by atoms with E-state index in [1.807, 2.05) is 13.8 Å². The molecule has 21 heavy (non-hydrogen) atoms. The third kappa shape index (κ3) is 5.56. The summed E-state index contributed by atoms with van der Waals surface area (Å²) in [5.74, 6) is 0.00346. The summed E-state index contributed by atoms with van der Waals surface area (Å²) in [5.41, 5.74) is -0.846. The van der Waals surface area contributed by atoms with Gasteiger partial charge in [-0.05, 0) is 31.6 Å². The average molecular weight is 298 g/mol. The molecular formula is C16H30N2O3. The van der Waals surface area contributed by atoms with Gasteiger partial charge in [0.25, 0.3) is 0 Å². The molecule has 0 atom stereocenters. The van der Waals surface area contributed by atoms with Crippen LogP contribution in [0.15, 0.2) is 0 Å². The molecule has 0 unspecified atom stereocenters. The normalized spacial score (nSPS) is 15.9. The zero-order valence-corrected chi connectivity index (χ0v) is 13.4. The van der Waals surface area contributed by atoms with Gasteiger partial charge in [0.05, 0.1) is 5.41 Å². The van der Waals surface area contributed by atoms with E-state index in [-0.39, 0.29) is 12.6 Å². The number of amides is 2. The predicted molar refractivity (Wildman–Crippen MR) is 83.2 cm³/mol. The van der Waals surface area contributed by atoms with Crippen LogP contribution in [-0.2, 0) is 4.79 Å². The molecule has 1 rings (SSSR count). The van der Waals surface area contributed by atoms with E-state index in [0.717, 1.165) is 12.3 Å². The number of hydrogen-bond acceptors (Lipinski definition) is 2. The van der Waals surface area contributed by atoms with Crippen molar-refractivity contribution in [1.29, 1.82) is 0 Å². The van der Waals surface area contributed by atoms with E-state index in [0.29, 0.717) is 19.4 Å². The first-order valence-corrected chi connectivity index (χ1v) is 8.29. The number of carboxylic acid groups (broad SMARTS) is 1. The van der Waals surface area contributed by atoms with E-state index in [4.69, 9.17) is 0 Å². The molecule has 3 N–H and O–H groups in total. The first-order valence-electron chi connectivity index (χ1n) is 8.29. The van der Waals surface area contributed by atoms with Crippen molar-refractivity contribution in [3.8, 4) is 0 Å². The average Bonchev–Trinajstić information content (AvgIpc) is 2.98. The van der Waals surface area contributed by atoms with Gasteiger partial charge in [-0.2, -0.15) is 0 Å². The Kier molecular flexibility index (Phi) is 7.54. The largest absolute Gasteiger partial charge is 0.481 e. The SMILES string of the molecule is CCC(CC)(CNC(=O)NCCCC1CCCC1)C(=O)O. The number of aliphatic carboxylic acids is 1. The maximum atomic E-state index is 11.7. The highest BCUT2D eigenvalue weighted by atomic mass is 16.4. The van der Waals surface area contributed by atoms with Gasteiger partial charge in [0.15, 0.2) is 0 Å². The number of carbonyl (C=O) groups is 2. The Bertz CT molecular complexity index is 334. The molecule has 5 nitrogen and oxygen atoms in total. The zero-order valence-electron chi connectivity index (χ0n) is 13.4. The summed E-state index contributed by atoms with van der Waals surface area (Å²) < 4.78 is 0. The van der Waals surface area contributed by atoms with Gasteiger partial charge in [0, 0.05) is 13.1 Å². The van der Waals surface area contributed by atoms with Crippen LogP contribution in [-0.4, -0.2) is 30.2 Å². The molecule has 0 spiro atoms. The van der Waals surface area contributed by atoms with Crippen molar-refractivity contribution in [3.63, 3.8) is 0 Å². The number of rotatable bonds is 9. The Morgan fingerprint density at radius 1 is 1.14 bits per heavy atom. The molecule has 0 heterocycles. The fourth-order valence-corrected chi connectivity index (χ4v) is 3.08. The van der Waals surface area contributed by atoms with Crippen LogP contribution >= 0.6 is 0 Å². The minimum atomic E-state index is -0.846. The molecule has 1 aliphatic rings. The molecule has 0 aromatic heterocycles. The highest BCUT2D eigenvalue weighted by molar-refractivity contribution is 5.78. The number of carboxylic acids is 1. The molecule has 122 valence electrons. The topological polar surface area (TPSA) is 78.4 Å².